The van der Waals surface area contributed by atoms with Gasteiger partial charge in [0.25, 0.3) is 11.8 Å². The van der Waals surface area contributed by atoms with Crippen molar-refractivity contribution in [3.63, 3.8) is 0 Å². The van der Waals surface area contributed by atoms with E-state index in [0.29, 0.717) is 12.1 Å². The SMILES string of the molecule is CCC/C=C(/C(=O)N[C@@H]1C(=O)N2C(C(=O)O)=C(CO)CS[C@H]12)c1csc(NC(=O)OC(C)(C)C)n1. The van der Waals surface area contributed by atoms with Crippen LogP contribution in [0.15, 0.2) is 22.7 Å². The monoisotopic (exact) mass is 524 g/mol. The molecule has 0 unspecified atom stereocenters. The highest BCUT2D eigenvalue weighted by molar-refractivity contribution is 8.00. The number of aliphatic hydroxyl groups is 1. The van der Waals surface area contributed by atoms with Crippen molar-refractivity contribution in [1.82, 2.24) is 15.2 Å². The number of nitrogens with one attached hydrogen (secondary N) is 2. The third kappa shape index (κ3) is 6.03. The summed E-state index contributed by atoms with van der Waals surface area (Å²) in [6.45, 7) is 6.71. The molecule has 0 saturated carbocycles. The van der Waals surface area contributed by atoms with Gasteiger partial charge >= 0.3 is 12.1 Å². The molecule has 190 valence electrons. The predicted octanol–water partition coefficient (Wildman–Crippen LogP) is 2.40. The fourth-order valence-corrected chi connectivity index (χ4v) is 5.50. The zero-order valence-corrected chi connectivity index (χ0v) is 21.4. The Kier molecular flexibility index (Phi) is 8.23. The van der Waals surface area contributed by atoms with Crippen molar-refractivity contribution in [3.05, 3.63) is 28.4 Å². The Bertz CT molecular complexity index is 1090. The molecule has 4 N–H and O–H groups in total. The summed E-state index contributed by atoms with van der Waals surface area (Å²) in [5, 5.41) is 25.5. The minimum atomic E-state index is -1.30. The molecule has 0 aliphatic carbocycles. The molecule has 3 amide bonds. The Morgan fingerprint density at radius 3 is 2.66 bits per heavy atom. The molecule has 0 radical (unpaired) electrons. The second kappa shape index (κ2) is 10.8. The third-order valence-electron chi connectivity index (χ3n) is 5.00. The van der Waals surface area contributed by atoms with Crippen LogP contribution in [0.5, 0.6) is 0 Å². The summed E-state index contributed by atoms with van der Waals surface area (Å²) < 4.78 is 5.22. The summed E-state index contributed by atoms with van der Waals surface area (Å²) in [5.74, 6) is -2.14. The van der Waals surface area contributed by atoms with E-state index in [0.717, 1.165) is 22.7 Å². The van der Waals surface area contributed by atoms with Gasteiger partial charge in [0.1, 0.15) is 22.7 Å². The molecule has 1 aromatic rings. The maximum atomic E-state index is 13.2. The average molecular weight is 525 g/mol. The number of anilines is 1. The molecular weight excluding hydrogens is 496 g/mol. The van der Waals surface area contributed by atoms with E-state index in [2.05, 4.69) is 15.6 Å². The first-order valence-corrected chi connectivity index (χ1v) is 12.9. The summed E-state index contributed by atoms with van der Waals surface area (Å²) in [4.78, 5) is 55.0. The molecule has 2 aliphatic rings. The molecule has 0 aromatic carbocycles. The second-order valence-corrected chi connectivity index (χ2v) is 10.8. The zero-order chi connectivity index (χ0) is 25.9. The van der Waals surface area contributed by atoms with Gasteiger partial charge in [-0.05, 0) is 32.8 Å². The van der Waals surface area contributed by atoms with E-state index in [1.165, 1.54) is 11.8 Å². The summed E-state index contributed by atoms with van der Waals surface area (Å²) in [6, 6.07) is -0.912. The number of unbranched alkanes of at least 4 members (excludes halogenated alkanes) is 1. The first-order valence-electron chi connectivity index (χ1n) is 10.9. The number of aliphatic carboxylic acids is 1. The number of hydrogen-bond acceptors (Lipinski definition) is 9. The zero-order valence-electron chi connectivity index (χ0n) is 19.8. The van der Waals surface area contributed by atoms with Gasteiger partial charge < -0.3 is 20.3 Å². The maximum absolute atomic E-state index is 13.2. The number of carboxylic acid groups (broad SMARTS) is 1. The van der Waals surface area contributed by atoms with Crippen LogP contribution < -0.4 is 10.6 Å². The number of aromatic nitrogens is 1. The van der Waals surface area contributed by atoms with Crippen molar-refractivity contribution in [2.24, 2.45) is 0 Å². The number of aliphatic hydroxyl groups excluding tert-OH is 1. The maximum Gasteiger partial charge on any atom is 0.413 e. The van der Waals surface area contributed by atoms with E-state index in [9.17, 15) is 29.4 Å². The molecule has 1 saturated heterocycles. The number of thiazole rings is 1. The van der Waals surface area contributed by atoms with E-state index in [4.69, 9.17) is 4.74 Å². The van der Waals surface area contributed by atoms with Crippen LogP contribution in [0.25, 0.3) is 5.57 Å². The van der Waals surface area contributed by atoms with Gasteiger partial charge in [-0.1, -0.05) is 19.4 Å². The number of β-lactam (4-membered cyclic amide) rings is 1. The first-order chi connectivity index (χ1) is 16.5. The summed E-state index contributed by atoms with van der Waals surface area (Å²) in [6.07, 6.45) is 2.41. The average Bonchev–Trinajstić information content (AvgIpc) is 3.22. The number of carbonyl (C=O) groups excluding carboxylic acids is 3. The molecule has 0 bridgehead atoms. The molecule has 1 aromatic heterocycles. The number of thioether (sulfide) groups is 1. The van der Waals surface area contributed by atoms with E-state index >= 15 is 0 Å². The molecule has 0 spiro atoms. The normalized spacial score (nSPS) is 20.2. The Morgan fingerprint density at radius 2 is 2.06 bits per heavy atom. The summed E-state index contributed by atoms with van der Waals surface area (Å²) in [7, 11) is 0. The van der Waals surface area contributed by atoms with Crippen molar-refractivity contribution in [2.45, 2.75) is 57.6 Å². The lowest BCUT2D eigenvalue weighted by atomic mass is 10.0. The lowest BCUT2D eigenvalue weighted by molar-refractivity contribution is -0.150. The highest BCUT2D eigenvalue weighted by atomic mass is 32.2. The number of rotatable bonds is 8. The number of allylic oxidation sites excluding steroid dienone is 1. The van der Waals surface area contributed by atoms with Crippen molar-refractivity contribution in [3.8, 4) is 0 Å². The highest BCUT2D eigenvalue weighted by Gasteiger charge is 2.54. The number of fused-ring (bicyclic) bond motifs is 1. The van der Waals surface area contributed by atoms with Gasteiger partial charge in [-0.15, -0.1) is 23.1 Å². The quantitative estimate of drug-likeness (QED) is 0.296. The molecule has 3 heterocycles. The minimum Gasteiger partial charge on any atom is -0.477 e. The topological polar surface area (TPSA) is 158 Å². The van der Waals surface area contributed by atoms with E-state index in [-0.39, 0.29) is 27.7 Å². The summed E-state index contributed by atoms with van der Waals surface area (Å²) >= 11 is 2.40. The number of carbonyl (C=O) groups is 4. The van der Waals surface area contributed by atoms with E-state index in [1.807, 2.05) is 6.92 Å². The van der Waals surface area contributed by atoms with Crippen LogP contribution in [-0.2, 0) is 19.1 Å². The van der Waals surface area contributed by atoms with Crippen LogP contribution in [0.3, 0.4) is 0 Å². The largest absolute Gasteiger partial charge is 0.477 e. The van der Waals surface area contributed by atoms with E-state index in [1.54, 1.807) is 32.2 Å². The molecule has 11 nitrogen and oxygen atoms in total. The smallest absolute Gasteiger partial charge is 0.413 e. The number of carboxylic acids is 1. The summed E-state index contributed by atoms with van der Waals surface area (Å²) in [5.41, 5.74) is -0.0682. The van der Waals surface area contributed by atoms with Crippen molar-refractivity contribution >= 4 is 57.7 Å². The van der Waals surface area contributed by atoms with Gasteiger partial charge in [0.15, 0.2) is 5.13 Å². The van der Waals surface area contributed by atoms with Crippen LogP contribution in [0.1, 0.15) is 46.2 Å². The van der Waals surface area contributed by atoms with Crippen molar-refractivity contribution < 1.29 is 34.1 Å². The lowest BCUT2D eigenvalue weighted by Gasteiger charge is -2.49. The van der Waals surface area contributed by atoms with Crippen LogP contribution in [-0.4, -0.2) is 73.4 Å². The van der Waals surface area contributed by atoms with Gasteiger partial charge in [-0.3, -0.25) is 19.8 Å². The molecular formula is C22H28N4O7S2. The molecule has 1 fully saturated rings. The Hall–Kier alpha value is -2.90. The lowest BCUT2D eigenvalue weighted by Crippen LogP contribution is -2.70. The molecule has 35 heavy (non-hydrogen) atoms. The minimum absolute atomic E-state index is 0.231. The fourth-order valence-electron chi connectivity index (χ4n) is 3.47. The predicted molar refractivity (Wildman–Crippen MR) is 132 cm³/mol. The van der Waals surface area contributed by atoms with Crippen LogP contribution in [0.2, 0.25) is 0 Å². The highest BCUT2D eigenvalue weighted by Crippen LogP contribution is 2.40. The van der Waals surface area contributed by atoms with Gasteiger partial charge in [0.05, 0.1) is 17.9 Å². The van der Waals surface area contributed by atoms with Gasteiger partial charge in [0.2, 0.25) is 0 Å². The van der Waals surface area contributed by atoms with Crippen LogP contribution >= 0.6 is 23.1 Å². The third-order valence-corrected chi connectivity index (χ3v) is 7.09. The Labute approximate surface area is 210 Å². The molecule has 2 atom stereocenters. The standard InChI is InChI=1S/C22H28N4O7S2/c1-5-6-7-12(13-10-35-20(23-13)25-21(32)33-22(2,3)4)16(28)24-14-17(29)26-15(19(30)31)11(8-27)9-34-18(14)26/h7,10,14,18,27H,5-6,8-9H2,1-4H3,(H,24,28)(H,30,31)(H,23,25,32)/b12-7+/t14-,18-/m1/s1. The van der Waals surface area contributed by atoms with Crippen LogP contribution in [0, 0.1) is 0 Å². The number of nitrogens with zero attached hydrogens (tertiary/aromatic N) is 2. The van der Waals surface area contributed by atoms with Gasteiger partial charge in [-0.2, -0.15) is 0 Å². The van der Waals surface area contributed by atoms with Crippen LogP contribution in [0.4, 0.5) is 9.93 Å². The number of ether oxygens (including phenoxy) is 1. The van der Waals surface area contributed by atoms with E-state index < -0.39 is 47.5 Å². The molecule has 13 heteroatoms. The molecule has 3 rings (SSSR count). The first kappa shape index (κ1) is 26.7. The van der Waals surface area contributed by atoms with Gasteiger partial charge in [0, 0.05) is 11.1 Å². The fraction of sp³-hybridized carbons (Fsp3) is 0.500. The number of amides is 3. The van der Waals surface area contributed by atoms with Crippen molar-refractivity contribution in [2.75, 3.05) is 17.7 Å². The number of hydrogen-bond donors (Lipinski definition) is 4. The molecule has 2 aliphatic heterocycles. The second-order valence-electron chi connectivity index (χ2n) is 8.85. The van der Waals surface area contributed by atoms with Crippen molar-refractivity contribution in [1.29, 1.82) is 0 Å². The van der Waals surface area contributed by atoms with Gasteiger partial charge in [-0.25, -0.2) is 14.6 Å². The Morgan fingerprint density at radius 1 is 1.34 bits per heavy atom. The Balaban J connectivity index is 1.74.